The lowest BCUT2D eigenvalue weighted by Crippen LogP contribution is -2.38. The molecule has 16 heavy (non-hydrogen) atoms. The minimum atomic E-state index is 0.373. The Kier molecular flexibility index (Phi) is 2.43. The molecule has 0 amide bonds. The fourth-order valence-corrected chi connectivity index (χ4v) is 2.79. The summed E-state index contributed by atoms with van der Waals surface area (Å²) in [5, 5.41) is 11.0. The number of fused-ring (bicyclic) bond motifs is 1. The first-order valence-electron chi connectivity index (χ1n) is 6.01. The van der Waals surface area contributed by atoms with Crippen LogP contribution in [0.1, 0.15) is 25.3 Å². The van der Waals surface area contributed by atoms with E-state index in [1.54, 1.807) is 0 Å². The molecule has 0 bridgehead atoms. The quantitative estimate of drug-likeness (QED) is 0.633. The molecule has 2 unspecified atom stereocenters. The summed E-state index contributed by atoms with van der Waals surface area (Å²) in [6, 6.07) is 0.453. The number of nitrogens with two attached hydrogens (primary N) is 1. The third kappa shape index (κ3) is 1.63. The molecule has 0 spiro atoms. The lowest BCUT2D eigenvalue weighted by Gasteiger charge is -2.33. The molecular weight excluding hydrogens is 204 g/mol. The van der Waals surface area contributed by atoms with Gasteiger partial charge >= 0.3 is 0 Å². The van der Waals surface area contributed by atoms with E-state index in [2.05, 4.69) is 20.7 Å². The third-order valence-corrected chi connectivity index (χ3v) is 3.56. The molecule has 3 heterocycles. The highest BCUT2D eigenvalue weighted by molar-refractivity contribution is 5.34. The van der Waals surface area contributed by atoms with Crippen LogP contribution in [0.2, 0.25) is 0 Å². The molecule has 6 heteroatoms. The lowest BCUT2D eigenvalue weighted by molar-refractivity contribution is 0.235. The first-order chi connectivity index (χ1) is 7.84. The second kappa shape index (κ2) is 3.93. The van der Waals surface area contributed by atoms with E-state index < -0.39 is 0 Å². The van der Waals surface area contributed by atoms with Crippen molar-refractivity contribution in [3.8, 4) is 0 Å². The predicted molar refractivity (Wildman–Crippen MR) is 62.2 cm³/mol. The van der Waals surface area contributed by atoms with Gasteiger partial charge in [-0.1, -0.05) is 0 Å². The van der Waals surface area contributed by atoms with Crippen LogP contribution in [0, 0.1) is 5.92 Å². The van der Waals surface area contributed by atoms with Crippen LogP contribution >= 0.6 is 0 Å². The van der Waals surface area contributed by atoms with Gasteiger partial charge < -0.3 is 16.4 Å². The van der Waals surface area contributed by atoms with E-state index in [0.29, 0.717) is 17.9 Å². The Morgan fingerprint density at radius 3 is 3.06 bits per heavy atom. The maximum absolute atomic E-state index is 5.65. The van der Waals surface area contributed by atoms with Gasteiger partial charge in [0.15, 0.2) is 0 Å². The van der Waals surface area contributed by atoms with Crippen molar-refractivity contribution in [1.29, 1.82) is 0 Å². The van der Waals surface area contributed by atoms with Gasteiger partial charge in [-0.3, -0.25) is 0 Å². The highest BCUT2D eigenvalue weighted by Gasteiger charge is 2.30. The summed E-state index contributed by atoms with van der Waals surface area (Å²) < 4.78 is 1.98. The largest absolute Gasteiger partial charge is 0.366 e. The van der Waals surface area contributed by atoms with Gasteiger partial charge in [-0.2, -0.15) is 4.98 Å². The van der Waals surface area contributed by atoms with Crippen molar-refractivity contribution < 1.29 is 0 Å². The molecule has 6 nitrogen and oxygen atoms in total. The predicted octanol–water partition coefficient (Wildman–Crippen LogP) is 0.217. The van der Waals surface area contributed by atoms with E-state index in [4.69, 9.17) is 5.73 Å². The van der Waals surface area contributed by atoms with Crippen LogP contribution in [0.4, 0.5) is 11.9 Å². The Hall–Kier alpha value is -1.30. The number of rotatable bonds is 1. The average molecular weight is 222 g/mol. The maximum Gasteiger partial charge on any atom is 0.241 e. The summed E-state index contributed by atoms with van der Waals surface area (Å²) in [7, 11) is 0. The van der Waals surface area contributed by atoms with Gasteiger partial charge in [-0.25, -0.2) is 4.68 Å². The number of nitrogens with zero attached hydrogens (tertiary/aromatic N) is 3. The number of piperidine rings is 1. The molecule has 2 aliphatic rings. The van der Waals surface area contributed by atoms with Crippen LogP contribution in [0.25, 0.3) is 0 Å². The number of anilines is 2. The van der Waals surface area contributed by atoms with Crippen LogP contribution in [-0.2, 0) is 0 Å². The van der Waals surface area contributed by atoms with Gasteiger partial charge in [0.05, 0.1) is 6.04 Å². The third-order valence-electron chi connectivity index (χ3n) is 3.56. The molecule has 4 N–H and O–H groups in total. The molecule has 1 saturated heterocycles. The van der Waals surface area contributed by atoms with Gasteiger partial charge in [-0.05, 0) is 38.3 Å². The summed E-state index contributed by atoms with van der Waals surface area (Å²) >= 11 is 0. The smallest absolute Gasteiger partial charge is 0.241 e. The highest BCUT2D eigenvalue weighted by Crippen LogP contribution is 2.32. The molecule has 1 aromatic rings. The number of nitrogen functional groups attached to an aromatic ring is 1. The van der Waals surface area contributed by atoms with E-state index in [-0.39, 0.29) is 0 Å². The molecule has 88 valence electrons. The fourth-order valence-electron chi connectivity index (χ4n) is 2.79. The minimum absolute atomic E-state index is 0.373. The molecule has 0 saturated carbocycles. The molecule has 0 radical (unpaired) electrons. The van der Waals surface area contributed by atoms with Crippen LogP contribution < -0.4 is 16.4 Å². The average Bonchev–Trinajstić information content (AvgIpc) is 2.70. The molecule has 2 atom stereocenters. The van der Waals surface area contributed by atoms with Crippen molar-refractivity contribution in [3.05, 3.63) is 0 Å². The van der Waals surface area contributed by atoms with E-state index >= 15 is 0 Å². The number of aromatic nitrogens is 3. The first kappa shape index (κ1) is 9.89. The van der Waals surface area contributed by atoms with Crippen molar-refractivity contribution in [2.75, 3.05) is 30.7 Å². The van der Waals surface area contributed by atoms with Crippen molar-refractivity contribution in [2.24, 2.45) is 5.92 Å². The van der Waals surface area contributed by atoms with Gasteiger partial charge in [0.25, 0.3) is 0 Å². The van der Waals surface area contributed by atoms with Crippen molar-refractivity contribution in [2.45, 2.75) is 25.3 Å². The Labute approximate surface area is 94.6 Å². The van der Waals surface area contributed by atoms with Crippen molar-refractivity contribution in [3.63, 3.8) is 0 Å². The number of hydrogen-bond donors (Lipinski definition) is 3. The van der Waals surface area contributed by atoms with Gasteiger partial charge in [0, 0.05) is 6.54 Å². The monoisotopic (exact) mass is 222 g/mol. The summed E-state index contributed by atoms with van der Waals surface area (Å²) in [6.45, 7) is 3.21. The Bertz CT molecular complexity index is 367. The van der Waals surface area contributed by atoms with Crippen LogP contribution in [0.5, 0.6) is 0 Å². The molecule has 1 fully saturated rings. The van der Waals surface area contributed by atoms with Gasteiger partial charge in [0.1, 0.15) is 0 Å². The standard InChI is InChI=1S/C10H18N6/c11-9-14-10-13-5-3-8(16(10)15-9)7-2-1-4-12-6-7/h7-8,12H,1-6H2,(H3,11,13,14,15). The number of nitrogens with one attached hydrogen (secondary N) is 2. The zero-order valence-electron chi connectivity index (χ0n) is 9.32. The summed E-state index contributed by atoms with van der Waals surface area (Å²) in [6.07, 6.45) is 3.65. The van der Waals surface area contributed by atoms with E-state index in [1.807, 2.05) is 4.68 Å². The SMILES string of the molecule is Nc1nc2n(n1)C(C1CCCNC1)CCN2. The van der Waals surface area contributed by atoms with E-state index in [0.717, 1.165) is 32.0 Å². The zero-order chi connectivity index (χ0) is 11.0. The van der Waals surface area contributed by atoms with Crippen molar-refractivity contribution >= 4 is 11.9 Å². The summed E-state index contributed by atoms with van der Waals surface area (Å²) in [5.41, 5.74) is 5.65. The molecular formula is C10H18N6. The first-order valence-corrected chi connectivity index (χ1v) is 6.01. The second-order valence-corrected chi connectivity index (χ2v) is 4.63. The van der Waals surface area contributed by atoms with Crippen LogP contribution in [-0.4, -0.2) is 34.4 Å². The Morgan fingerprint density at radius 1 is 1.31 bits per heavy atom. The molecule has 0 aliphatic carbocycles. The topological polar surface area (TPSA) is 80.8 Å². The molecule has 0 aromatic carbocycles. The van der Waals surface area contributed by atoms with Gasteiger partial charge in [0.2, 0.25) is 11.9 Å². The lowest BCUT2D eigenvalue weighted by atomic mass is 9.89. The summed E-state index contributed by atoms with van der Waals surface area (Å²) in [5.74, 6) is 1.87. The van der Waals surface area contributed by atoms with Crippen molar-refractivity contribution in [1.82, 2.24) is 20.1 Å². The summed E-state index contributed by atoms with van der Waals surface area (Å²) in [4.78, 5) is 4.19. The Morgan fingerprint density at radius 2 is 2.25 bits per heavy atom. The van der Waals surface area contributed by atoms with Crippen LogP contribution in [0.15, 0.2) is 0 Å². The Balaban J connectivity index is 1.85. The van der Waals surface area contributed by atoms with Crippen LogP contribution in [0.3, 0.4) is 0 Å². The molecule has 3 rings (SSSR count). The molecule has 1 aromatic heterocycles. The van der Waals surface area contributed by atoms with Gasteiger partial charge in [-0.15, -0.1) is 5.10 Å². The minimum Gasteiger partial charge on any atom is -0.366 e. The zero-order valence-corrected chi connectivity index (χ0v) is 9.32. The van der Waals surface area contributed by atoms with E-state index in [9.17, 15) is 0 Å². The van der Waals surface area contributed by atoms with E-state index in [1.165, 1.54) is 12.8 Å². The fraction of sp³-hybridized carbons (Fsp3) is 0.800. The second-order valence-electron chi connectivity index (χ2n) is 4.63. The maximum atomic E-state index is 5.65. The molecule has 2 aliphatic heterocycles. The highest BCUT2D eigenvalue weighted by atomic mass is 15.4. The number of hydrogen-bond acceptors (Lipinski definition) is 5. The normalized spacial score (nSPS) is 29.5.